The largest absolute Gasteiger partial charge is 0.299 e. The van der Waals surface area contributed by atoms with E-state index in [1.807, 2.05) is 17.9 Å². The molecule has 2 aromatic heterocycles. The summed E-state index contributed by atoms with van der Waals surface area (Å²) < 4.78 is 4.68. The van der Waals surface area contributed by atoms with E-state index in [9.17, 15) is 0 Å². The van der Waals surface area contributed by atoms with Gasteiger partial charge in [0.05, 0.1) is 12.7 Å². The number of aromatic amines is 1. The fourth-order valence-electron chi connectivity index (χ4n) is 2.01. The molecule has 0 radical (unpaired) electrons. The van der Waals surface area contributed by atoms with E-state index in [1.165, 1.54) is 24.1 Å². The van der Waals surface area contributed by atoms with Crippen molar-refractivity contribution in [3.05, 3.63) is 28.0 Å². The lowest BCUT2D eigenvalue weighted by molar-refractivity contribution is 0.705. The van der Waals surface area contributed by atoms with Gasteiger partial charge in [0.25, 0.3) is 0 Å². The maximum absolute atomic E-state index is 5.29. The highest BCUT2D eigenvalue weighted by Gasteiger charge is 2.29. The zero-order chi connectivity index (χ0) is 12.0. The molecule has 0 amide bonds. The summed E-state index contributed by atoms with van der Waals surface area (Å²) in [6, 6.07) is 0. The quantitative estimate of drug-likeness (QED) is 0.845. The molecule has 2 heterocycles. The second kappa shape index (κ2) is 3.80. The maximum atomic E-state index is 5.29. The smallest absolute Gasteiger partial charge is 0.195 e. The van der Waals surface area contributed by atoms with Crippen molar-refractivity contribution in [2.45, 2.75) is 32.2 Å². The molecule has 1 aliphatic carbocycles. The van der Waals surface area contributed by atoms with Crippen molar-refractivity contribution in [1.82, 2.24) is 24.5 Å². The first kappa shape index (κ1) is 10.7. The van der Waals surface area contributed by atoms with E-state index in [0.717, 1.165) is 12.4 Å². The van der Waals surface area contributed by atoms with Crippen molar-refractivity contribution in [2.24, 2.45) is 7.05 Å². The molecule has 0 spiro atoms. The molecule has 3 rings (SSSR count). The monoisotopic (exact) mass is 249 g/mol. The van der Waals surface area contributed by atoms with Crippen LogP contribution in [0.5, 0.6) is 0 Å². The van der Waals surface area contributed by atoms with Crippen LogP contribution in [0, 0.1) is 11.7 Å². The van der Waals surface area contributed by atoms with Gasteiger partial charge in [0.2, 0.25) is 0 Å². The second-order valence-corrected chi connectivity index (χ2v) is 5.01. The van der Waals surface area contributed by atoms with Gasteiger partial charge in [-0.25, -0.2) is 0 Å². The number of nitrogens with zero attached hydrogens (tertiary/aromatic N) is 4. The summed E-state index contributed by atoms with van der Waals surface area (Å²) in [5.41, 5.74) is 2.38. The minimum Gasteiger partial charge on any atom is -0.299 e. The van der Waals surface area contributed by atoms with E-state index in [-0.39, 0.29) is 0 Å². The lowest BCUT2D eigenvalue weighted by Crippen LogP contribution is -2.05. The average molecular weight is 249 g/mol. The number of hydrogen-bond donors (Lipinski definition) is 1. The van der Waals surface area contributed by atoms with Gasteiger partial charge in [0.1, 0.15) is 5.82 Å². The Morgan fingerprint density at radius 2 is 2.29 bits per heavy atom. The Morgan fingerprint density at radius 1 is 1.53 bits per heavy atom. The predicted octanol–water partition coefficient (Wildman–Crippen LogP) is 1.91. The van der Waals surface area contributed by atoms with Crippen LogP contribution in [0.15, 0.2) is 6.20 Å². The van der Waals surface area contributed by atoms with Crippen LogP contribution in [-0.4, -0.2) is 24.5 Å². The van der Waals surface area contributed by atoms with Crippen LogP contribution >= 0.6 is 12.2 Å². The van der Waals surface area contributed by atoms with Crippen molar-refractivity contribution in [2.75, 3.05) is 0 Å². The SMILES string of the molecule is Cc1c(Cn2c(C3CC3)n[nH]c2=S)cnn1C. The molecule has 6 heteroatoms. The van der Waals surface area contributed by atoms with E-state index in [1.54, 1.807) is 0 Å². The molecule has 90 valence electrons. The minimum atomic E-state index is 0.597. The molecule has 2 aromatic rings. The number of rotatable bonds is 3. The molecule has 0 aliphatic heterocycles. The van der Waals surface area contributed by atoms with Crippen LogP contribution in [0.3, 0.4) is 0 Å². The van der Waals surface area contributed by atoms with Crippen molar-refractivity contribution >= 4 is 12.2 Å². The number of aromatic nitrogens is 5. The van der Waals surface area contributed by atoms with Gasteiger partial charge < -0.3 is 0 Å². The summed E-state index contributed by atoms with van der Waals surface area (Å²) in [7, 11) is 1.95. The van der Waals surface area contributed by atoms with Crippen LogP contribution in [0.1, 0.15) is 35.8 Å². The highest BCUT2D eigenvalue weighted by atomic mass is 32.1. The molecule has 5 nitrogen and oxygen atoms in total. The van der Waals surface area contributed by atoms with Gasteiger partial charge in [0, 0.05) is 24.2 Å². The van der Waals surface area contributed by atoms with E-state index in [0.29, 0.717) is 10.7 Å². The normalized spacial score (nSPS) is 15.4. The first-order valence-corrected chi connectivity index (χ1v) is 6.20. The molecular weight excluding hydrogens is 234 g/mol. The summed E-state index contributed by atoms with van der Waals surface area (Å²) in [5, 5.41) is 11.5. The summed E-state index contributed by atoms with van der Waals surface area (Å²) in [4.78, 5) is 0. The van der Waals surface area contributed by atoms with Crippen molar-refractivity contribution < 1.29 is 0 Å². The average Bonchev–Trinajstić information content (AvgIpc) is 3.03. The highest BCUT2D eigenvalue weighted by molar-refractivity contribution is 7.71. The third-order valence-corrected chi connectivity index (χ3v) is 3.71. The molecule has 1 saturated carbocycles. The Bertz CT molecular complexity index is 602. The fraction of sp³-hybridized carbons (Fsp3) is 0.545. The third-order valence-electron chi connectivity index (χ3n) is 3.40. The molecule has 1 aliphatic rings. The Balaban J connectivity index is 1.97. The van der Waals surface area contributed by atoms with Gasteiger partial charge in [-0.15, -0.1) is 0 Å². The summed E-state index contributed by atoms with van der Waals surface area (Å²) >= 11 is 5.29. The van der Waals surface area contributed by atoms with Gasteiger partial charge in [-0.05, 0) is 32.0 Å². The standard InChI is InChI=1S/C11H15N5S/c1-7-9(5-12-15(7)2)6-16-10(8-3-4-8)13-14-11(16)17/h5,8H,3-4,6H2,1-2H3,(H,14,17). The molecular formula is C11H15N5S. The van der Waals surface area contributed by atoms with E-state index in [4.69, 9.17) is 12.2 Å². The van der Waals surface area contributed by atoms with Crippen molar-refractivity contribution in [1.29, 1.82) is 0 Å². The van der Waals surface area contributed by atoms with Gasteiger partial charge in [-0.1, -0.05) is 0 Å². The lowest BCUT2D eigenvalue weighted by atomic mass is 10.2. The number of H-pyrrole nitrogens is 1. The number of nitrogens with one attached hydrogen (secondary N) is 1. The highest BCUT2D eigenvalue weighted by Crippen LogP contribution is 2.39. The van der Waals surface area contributed by atoms with E-state index in [2.05, 4.69) is 26.8 Å². The molecule has 0 saturated heterocycles. The van der Waals surface area contributed by atoms with Gasteiger partial charge in [0.15, 0.2) is 4.77 Å². The first-order chi connectivity index (χ1) is 8.16. The molecule has 0 bridgehead atoms. The van der Waals surface area contributed by atoms with Crippen molar-refractivity contribution in [3.63, 3.8) is 0 Å². The summed E-state index contributed by atoms with van der Waals surface area (Å²) in [6.07, 6.45) is 4.36. The van der Waals surface area contributed by atoms with Crippen molar-refractivity contribution in [3.8, 4) is 0 Å². The van der Waals surface area contributed by atoms with Crippen LogP contribution in [0.2, 0.25) is 0 Å². The van der Waals surface area contributed by atoms with Crippen LogP contribution in [-0.2, 0) is 13.6 Å². The maximum Gasteiger partial charge on any atom is 0.195 e. The minimum absolute atomic E-state index is 0.597. The first-order valence-electron chi connectivity index (χ1n) is 5.79. The third kappa shape index (κ3) is 1.82. The van der Waals surface area contributed by atoms with Gasteiger partial charge in [-0.2, -0.15) is 10.2 Å². The van der Waals surface area contributed by atoms with Crippen LogP contribution in [0.4, 0.5) is 0 Å². The lowest BCUT2D eigenvalue weighted by Gasteiger charge is -2.05. The van der Waals surface area contributed by atoms with Crippen LogP contribution in [0.25, 0.3) is 0 Å². The number of aryl methyl sites for hydroxylation is 1. The predicted molar refractivity (Wildman–Crippen MR) is 66.4 cm³/mol. The van der Waals surface area contributed by atoms with Gasteiger partial charge >= 0.3 is 0 Å². The molecule has 1 fully saturated rings. The molecule has 1 N–H and O–H groups in total. The summed E-state index contributed by atoms with van der Waals surface area (Å²) in [5.74, 6) is 1.69. The molecule has 0 aromatic carbocycles. The van der Waals surface area contributed by atoms with Gasteiger partial charge in [-0.3, -0.25) is 14.3 Å². The number of hydrogen-bond acceptors (Lipinski definition) is 3. The van der Waals surface area contributed by atoms with E-state index < -0.39 is 0 Å². The molecule has 17 heavy (non-hydrogen) atoms. The molecule has 0 atom stereocenters. The zero-order valence-electron chi connectivity index (χ0n) is 9.97. The Morgan fingerprint density at radius 3 is 2.88 bits per heavy atom. The Hall–Kier alpha value is -1.43. The summed E-state index contributed by atoms with van der Waals surface area (Å²) in [6.45, 7) is 2.84. The van der Waals surface area contributed by atoms with Crippen LogP contribution < -0.4 is 0 Å². The second-order valence-electron chi connectivity index (χ2n) is 4.63. The Labute approximate surface area is 104 Å². The zero-order valence-corrected chi connectivity index (χ0v) is 10.8. The fourth-order valence-corrected chi connectivity index (χ4v) is 2.21. The van der Waals surface area contributed by atoms with E-state index >= 15 is 0 Å². The Kier molecular flexibility index (Phi) is 2.39. The topological polar surface area (TPSA) is 51.4 Å². The molecule has 0 unspecified atom stereocenters.